The molecule has 0 unspecified atom stereocenters. The highest BCUT2D eigenvalue weighted by molar-refractivity contribution is 5.91. The highest BCUT2D eigenvalue weighted by Crippen LogP contribution is 2.34. The number of nitrogens with zero attached hydrogens (tertiary/aromatic N) is 3. The summed E-state index contributed by atoms with van der Waals surface area (Å²) < 4.78 is 1.91. The summed E-state index contributed by atoms with van der Waals surface area (Å²) in [6, 6.07) is 0. The fraction of sp³-hybridized carbons (Fsp3) is 0.769. The zero-order valence-corrected chi connectivity index (χ0v) is 10.6. The van der Waals surface area contributed by atoms with Crippen molar-refractivity contribution in [2.24, 2.45) is 17.6 Å². The summed E-state index contributed by atoms with van der Waals surface area (Å²) in [7, 11) is 0. The molecule has 3 rings (SSSR count). The van der Waals surface area contributed by atoms with Gasteiger partial charge >= 0.3 is 0 Å². The van der Waals surface area contributed by atoms with Crippen LogP contribution in [0.1, 0.15) is 54.7 Å². The average Bonchev–Trinajstić information content (AvgIpc) is 2.98. The summed E-state index contributed by atoms with van der Waals surface area (Å²) in [5, 5.41) is 8.07. The molecule has 0 aliphatic heterocycles. The first-order valence-electron chi connectivity index (χ1n) is 6.96. The maximum absolute atomic E-state index is 11.3. The summed E-state index contributed by atoms with van der Waals surface area (Å²) in [5.74, 6) is 1.12. The van der Waals surface area contributed by atoms with E-state index in [0.29, 0.717) is 11.6 Å². The van der Waals surface area contributed by atoms with E-state index in [2.05, 4.69) is 10.3 Å². The lowest BCUT2D eigenvalue weighted by molar-refractivity contribution is 0.0994. The van der Waals surface area contributed by atoms with E-state index in [-0.39, 0.29) is 0 Å². The van der Waals surface area contributed by atoms with Crippen LogP contribution in [0, 0.1) is 11.8 Å². The third-order valence-corrected chi connectivity index (χ3v) is 4.22. The number of rotatable bonds is 6. The first-order chi connectivity index (χ1) is 8.74. The van der Waals surface area contributed by atoms with Gasteiger partial charge in [0.25, 0.3) is 5.91 Å². The molecule has 1 heterocycles. The first kappa shape index (κ1) is 11.7. The van der Waals surface area contributed by atoms with Crippen molar-refractivity contribution in [3.63, 3.8) is 0 Å². The fourth-order valence-corrected chi connectivity index (χ4v) is 2.59. The molecule has 0 bridgehead atoms. The van der Waals surface area contributed by atoms with Gasteiger partial charge in [-0.05, 0) is 37.5 Å². The summed E-state index contributed by atoms with van der Waals surface area (Å²) in [4.78, 5) is 11.3. The van der Waals surface area contributed by atoms with Crippen LogP contribution in [-0.4, -0.2) is 20.9 Å². The summed E-state index contributed by atoms with van der Waals surface area (Å²) in [6.07, 6.45) is 8.63. The van der Waals surface area contributed by atoms with Gasteiger partial charge < -0.3 is 5.73 Å². The Labute approximate surface area is 107 Å². The topological polar surface area (TPSA) is 73.8 Å². The van der Waals surface area contributed by atoms with Gasteiger partial charge in [-0.2, -0.15) is 0 Å². The lowest BCUT2D eigenvalue weighted by Gasteiger charge is -2.25. The van der Waals surface area contributed by atoms with Gasteiger partial charge in [-0.15, -0.1) is 5.10 Å². The molecular formula is C13H20N4O. The van der Waals surface area contributed by atoms with E-state index in [0.717, 1.165) is 31.0 Å². The highest BCUT2D eigenvalue weighted by Gasteiger charge is 2.28. The Bertz CT molecular complexity index is 446. The van der Waals surface area contributed by atoms with Crippen molar-refractivity contribution in [1.82, 2.24) is 15.0 Å². The normalized spacial score (nSPS) is 19.8. The van der Waals surface area contributed by atoms with Crippen molar-refractivity contribution in [2.75, 3.05) is 0 Å². The van der Waals surface area contributed by atoms with Crippen LogP contribution in [-0.2, 0) is 13.0 Å². The molecule has 0 aromatic carbocycles. The van der Waals surface area contributed by atoms with Gasteiger partial charge in [0.15, 0.2) is 5.69 Å². The lowest BCUT2D eigenvalue weighted by Crippen LogP contribution is -2.18. The SMILES string of the molecule is NC(=O)c1nnn(CCC2CCC2)c1CC1CC1. The van der Waals surface area contributed by atoms with Crippen LogP contribution in [0.4, 0.5) is 0 Å². The van der Waals surface area contributed by atoms with Crippen molar-refractivity contribution in [2.45, 2.75) is 51.5 Å². The molecule has 98 valence electrons. The highest BCUT2D eigenvalue weighted by atomic mass is 16.1. The number of primary amides is 1. The number of aryl methyl sites for hydroxylation is 1. The van der Waals surface area contributed by atoms with Crippen LogP contribution in [0.15, 0.2) is 0 Å². The second-order valence-corrected chi connectivity index (χ2v) is 5.71. The molecule has 0 atom stereocenters. The first-order valence-corrected chi connectivity index (χ1v) is 6.96. The Morgan fingerprint density at radius 3 is 2.61 bits per heavy atom. The third-order valence-electron chi connectivity index (χ3n) is 4.22. The van der Waals surface area contributed by atoms with Crippen molar-refractivity contribution >= 4 is 5.91 Å². The van der Waals surface area contributed by atoms with Crippen LogP contribution in [0.25, 0.3) is 0 Å². The molecule has 2 N–H and O–H groups in total. The zero-order chi connectivity index (χ0) is 12.5. The van der Waals surface area contributed by atoms with Gasteiger partial charge in [0.05, 0.1) is 5.69 Å². The van der Waals surface area contributed by atoms with Crippen molar-refractivity contribution in [3.8, 4) is 0 Å². The standard InChI is InChI=1S/C13H20N4O/c14-13(18)12-11(8-10-4-5-10)17(16-15-12)7-6-9-2-1-3-9/h9-10H,1-8H2,(H2,14,18). The number of aromatic nitrogens is 3. The lowest BCUT2D eigenvalue weighted by atomic mass is 9.83. The van der Waals surface area contributed by atoms with Crippen LogP contribution in [0.3, 0.4) is 0 Å². The summed E-state index contributed by atoms with van der Waals surface area (Å²) in [6.45, 7) is 0.882. The van der Waals surface area contributed by atoms with Crippen molar-refractivity contribution in [3.05, 3.63) is 11.4 Å². The summed E-state index contributed by atoms with van der Waals surface area (Å²) in [5.41, 5.74) is 6.71. The van der Waals surface area contributed by atoms with Gasteiger partial charge in [-0.25, -0.2) is 4.68 Å². The Hall–Kier alpha value is -1.39. The van der Waals surface area contributed by atoms with Gasteiger partial charge in [0.1, 0.15) is 0 Å². The minimum atomic E-state index is -0.444. The van der Waals surface area contributed by atoms with Crippen LogP contribution < -0.4 is 5.73 Å². The van der Waals surface area contributed by atoms with Gasteiger partial charge in [0, 0.05) is 6.54 Å². The summed E-state index contributed by atoms with van der Waals surface area (Å²) >= 11 is 0. The fourth-order valence-electron chi connectivity index (χ4n) is 2.59. The van der Waals surface area contributed by atoms with Crippen molar-refractivity contribution < 1.29 is 4.79 Å². The molecule has 5 nitrogen and oxygen atoms in total. The van der Waals surface area contributed by atoms with E-state index in [1.165, 1.54) is 32.1 Å². The smallest absolute Gasteiger partial charge is 0.271 e. The van der Waals surface area contributed by atoms with E-state index in [1.807, 2.05) is 4.68 Å². The zero-order valence-electron chi connectivity index (χ0n) is 10.6. The monoisotopic (exact) mass is 248 g/mol. The molecule has 0 spiro atoms. The molecule has 5 heteroatoms. The minimum absolute atomic E-state index is 0.385. The van der Waals surface area contributed by atoms with Crippen LogP contribution >= 0.6 is 0 Å². The molecule has 2 aliphatic rings. The molecule has 0 saturated heterocycles. The maximum atomic E-state index is 11.3. The molecular weight excluding hydrogens is 228 g/mol. The molecule has 18 heavy (non-hydrogen) atoms. The van der Waals surface area contributed by atoms with Crippen molar-refractivity contribution in [1.29, 1.82) is 0 Å². The van der Waals surface area contributed by atoms with E-state index in [9.17, 15) is 4.79 Å². The number of hydrogen-bond donors (Lipinski definition) is 1. The average molecular weight is 248 g/mol. The Kier molecular flexibility index (Phi) is 3.06. The largest absolute Gasteiger partial charge is 0.364 e. The molecule has 2 fully saturated rings. The van der Waals surface area contributed by atoms with E-state index >= 15 is 0 Å². The molecule has 2 aliphatic carbocycles. The maximum Gasteiger partial charge on any atom is 0.271 e. The number of nitrogens with two attached hydrogens (primary N) is 1. The predicted molar refractivity (Wildman–Crippen MR) is 66.9 cm³/mol. The Morgan fingerprint density at radius 2 is 2.06 bits per heavy atom. The van der Waals surface area contributed by atoms with E-state index < -0.39 is 5.91 Å². The Balaban J connectivity index is 1.71. The number of hydrogen-bond acceptors (Lipinski definition) is 3. The number of carbonyl (C=O) groups excluding carboxylic acids is 1. The van der Waals surface area contributed by atoms with E-state index in [4.69, 9.17) is 5.73 Å². The van der Waals surface area contributed by atoms with Crippen LogP contribution in [0.2, 0.25) is 0 Å². The van der Waals surface area contributed by atoms with E-state index in [1.54, 1.807) is 0 Å². The van der Waals surface area contributed by atoms with Gasteiger partial charge in [0.2, 0.25) is 0 Å². The van der Waals surface area contributed by atoms with Gasteiger partial charge in [-0.3, -0.25) is 4.79 Å². The second kappa shape index (κ2) is 4.71. The molecule has 2 saturated carbocycles. The molecule has 1 amide bonds. The number of carbonyl (C=O) groups is 1. The number of amides is 1. The van der Waals surface area contributed by atoms with Gasteiger partial charge in [-0.1, -0.05) is 24.5 Å². The minimum Gasteiger partial charge on any atom is -0.364 e. The molecule has 0 radical (unpaired) electrons. The van der Waals surface area contributed by atoms with Crippen LogP contribution in [0.5, 0.6) is 0 Å². The molecule has 1 aromatic rings. The quantitative estimate of drug-likeness (QED) is 0.829. The third kappa shape index (κ3) is 2.40. The molecule has 1 aromatic heterocycles. The predicted octanol–water partition coefficient (Wildman–Crippen LogP) is 1.52. The Morgan fingerprint density at radius 1 is 1.28 bits per heavy atom. The second-order valence-electron chi connectivity index (χ2n) is 5.71.